The average Bonchev–Trinajstić information content (AvgIpc) is 3.24. The maximum atomic E-state index is 11.6. The Balaban J connectivity index is 1.54. The first kappa shape index (κ1) is 16.8. The maximum absolute atomic E-state index is 11.6. The van der Waals surface area contributed by atoms with Gasteiger partial charge in [0.15, 0.2) is 17.9 Å². The molecule has 1 aliphatic heterocycles. The third kappa shape index (κ3) is 4.28. The van der Waals surface area contributed by atoms with Gasteiger partial charge >= 0.3 is 0 Å². The highest BCUT2D eigenvalue weighted by Gasteiger charge is 2.15. The first-order valence-corrected chi connectivity index (χ1v) is 7.87. The molecule has 1 aromatic carbocycles. The predicted octanol–water partition coefficient (Wildman–Crippen LogP) is 0.741. The minimum atomic E-state index is -0.213. The van der Waals surface area contributed by atoms with Crippen LogP contribution in [0.4, 0.5) is 0 Å². The topological polar surface area (TPSA) is 93.9 Å². The number of nitrogens with zero attached hydrogens (tertiary/aromatic N) is 2. The van der Waals surface area contributed by atoms with Crippen LogP contribution >= 0.6 is 0 Å². The first-order chi connectivity index (χ1) is 12.2. The number of aromatic nitrogens is 1. The minimum Gasteiger partial charge on any atom is -0.454 e. The van der Waals surface area contributed by atoms with Gasteiger partial charge in [-0.2, -0.15) is 0 Å². The summed E-state index contributed by atoms with van der Waals surface area (Å²) in [5, 5.41) is 2.75. The molecular weight excluding hydrogens is 326 g/mol. The fourth-order valence-corrected chi connectivity index (χ4v) is 2.52. The Labute approximate surface area is 144 Å². The van der Waals surface area contributed by atoms with Crippen LogP contribution in [0.1, 0.15) is 17.0 Å². The molecule has 132 valence electrons. The van der Waals surface area contributed by atoms with E-state index >= 15 is 0 Å². The molecule has 0 fully saturated rings. The second-order valence-electron chi connectivity index (χ2n) is 5.71. The van der Waals surface area contributed by atoms with E-state index in [9.17, 15) is 9.59 Å². The summed E-state index contributed by atoms with van der Waals surface area (Å²) in [5.41, 5.74) is 1.82. The quantitative estimate of drug-likeness (QED) is 0.709. The van der Waals surface area contributed by atoms with Crippen LogP contribution in [0.5, 0.6) is 11.5 Å². The number of hydrogen-bond acceptors (Lipinski definition) is 6. The zero-order valence-corrected chi connectivity index (χ0v) is 13.9. The molecule has 0 radical (unpaired) electrons. The summed E-state index contributed by atoms with van der Waals surface area (Å²) in [6, 6.07) is 5.75. The number of benzene rings is 1. The molecule has 1 aliphatic rings. The number of rotatable bonds is 8. The number of amides is 2. The molecule has 2 heterocycles. The highest BCUT2D eigenvalue weighted by atomic mass is 16.7. The van der Waals surface area contributed by atoms with Crippen LogP contribution in [0.25, 0.3) is 0 Å². The number of likely N-dealkylation sites (N-methyl/N-ethyl adjacent to an activating group) is 1. The van der Waals surface area contributed by atoms with Gasteiger partial charge in [0, 0.05) is 26.4 Å². The summed E-state index contributed by atoms with van der Waals surface area (Å²) in [5.74, 6) is 2.00. The first-order valence-electron chi connectivity index (χ1n) is 7.87. The fourth-order valence-electron chi connectivity index (χ4n) is 2.52. The number of nitrogens with one attached hydrogen (secondary N) is 1. The van der Waals surface area contributed by atoms with E-state index in [4.69, 9.17) is 13.9 Å². The fraction of sp³-hybridized carbons (Fsp3) is 0.353. The Morgan fingerprint density at radius 3 is 3.04 bits per heavy atom. The summed E-state index contributed by atoms with van der Waals surface area (Å²) in [6.07, 6.45) is 3.14. The molecule has 0 spiro atoms. The monoisotopic (exact) mass is 345 g/mol. The van der Waals surface area contributed by atoms with Gasteiger partial charge in [0.05, 0.1) is 12.2 Å². The molecular formula is C17H19N3O5. The standard InChI is InChI=1S/C17H19N3O5/c1-20(10-21)8-17(22)18-5-4-13-15(23-9-19-13)6-12-2-3-14-16(7-12)25-11-24-14/h2-3,7,9-10H,4-6,8,11H2,1H3,(H,18,22). The summed E-state index contributed by atoms with van der Waals surface area (Å²) >= 11 is 0. The number of hydrogen-bond donors (Lipinski definition) is 1. The molecule has 8 heteroatoms. The van der Waals surface area contributed by atoms with E-state index in [0.29, 0.717) is 25.8 Å². The molecule has 0 aliphatic carbocycles. The van der Waals surface area contributed by atoms with Gasteiger partial charge < -0.3 is 24.1 Å². The Bertz CT molecular complexity index is 758. The van der Waals surface area contributed by atoms with Crippen molar-refractivity contribution in [2.45, 2.75) is 12.8 Å². The second-order valence-corrected chi connectivity index (χ2v) is 5.71. The molecule has 3 rings (SSSR count). The Kier molecular flexibility index (Phi) is 5.17. The Morgan fingerprint density at radius 1 is 1.36 bits per heavy atom. The van der Waals surface area contributed by atoms with Crippen molar-refractivity contribution in [3.63, 3.8) is 0 Å². The molecule has 0 saturated heterocycles. The van der Waals surface area contributed by atoms with E-state index in [1.807, 2.05) is 18.2 Å². The molecule has 8 nitrogen and oxygen atoms in total. The Morgan fingerprint density at radius 2 is 2.20 bits per heavy atom. The van der Waals surface area contributed by atoms with Crippen LogP contribution in [0, 0.1) is 0 Å². The number of carbonyl (C=O) groups is 2. The minimum absolute atomic E-state index is 0.0341. The van der Waals surface area contributed by atoms with Gasteiger partial charge in [0.25, 0.3) is 0 Å². The van der Waals surface area contributed by atoms with Crippen LogP contribution in [0.3, 0.4) is 0 Å². The summed E-state index contributed by atoms with van der Waals surface area (Å²) in [4.78, 5) is 27.6. The van der Waals surface area contributed by atoms with E-state index in [1.165, 1.54) is 11.3 Å². The smallest absolute Gasteiger partial charge is 0.239 e. The lowest BCUT2D eigenvalue weighted by atomic mass is 10.1. The maximum Gasteiger partial charge on any atom is 0.239 e. The Hall–Kier alpha value is -3.03. The largest absolute Gasteiger partial charge is 0.454 e. The van der Waals surface area contributed by atoms with Gasteiger partial charge in [-0.15, -0.1) is 0 Å². The number of fused-ring (bicyclic) bond motifs is 1. The SMILES string of the molecule is CN(C=O)CC(=O)NCCc1ncoc1Cc1ccc2c(c1)OCO2. The molecule has 1 N–H and O–H groups in total. The van der Waals surface area contributed by atoms with Gasteiger partial charge in [-0.05, 0) is 17.7 Å². The highest BCUT2D eigenvalue weighted by molar-refractivity contribution is 5.79. The molecule has 25 heavy (non-hydrogen) atoms. The van der Waals surface area contributed by atoms with Crippen LogP contribution in [0.15, 0.2) is 29.0 Å². The molecule has 2 aromatic rings. The van der Waals surface area contributed by atoms with Crippen LogP contribution in [-0.4, -0.2) is 49.1 Å². The van der Waals surface area contributed by atoms with Gasteiger partial charge in [-0.1, -0.05) is 6.07 Å². The summed E-state index contributed by atoms with van der Waals surface area (Å²) < 4.78 is 16.2. The molecule has 0 atom stereocenters. The van der Waals surface area contributed by atoms with Crippen molar-refractivity contribution in [3.8, 4) is 11.5 Å². The van der Waals surface area contributed by atoms with Crippen molar-refractivity contribution in [1.29, 1.82) is 0 Å². The van der Waals surface area contributed by atoms with Gasteiger partial charge in [0.1, 0.15) is 5.76 Å². The lowest BCUT2D eigenvalue weighted by molar-refractivity contribution is -0.127. The van der Waals surface area contributed by atoms with Crippen molar-refractivity contribution in [3.05, 3.63) is 41.6 Å². The van der Waals surface area contributed by atoms with E-state index in [1.54, 1.807) is 7.05 Å². The third-order valence-electron chi connectivity index (χ3n) is 3.78. The molecule has 0 bridgehead atoms. The normalized spacial score (nSPS) is 12.0. The molecule has 1 aromatic heterocycles. The van der Waals surface area contributed by atoms with Crippen LogP contribution in [0.2, 0.25) is 0 Å². The second kappa shape index (κ2) is 7.69. The highest BCUT2D eigenvalue weighted by Crippen LogP contribution is 2.33. The van der Waals surface area contributed by atoms with Crippen LogP contribution < -0.4 is 14.8 Å². The third-order valence-corrected chi connectivity index (χ3v) is 3.78. The molecule has 2 amide bonds. The molecule has 0 unspecified atom stereocenters. The molecule has 0 saturated carbocycles. The van der Waals surface area contributed by atoms with Crippen molar-refractivity contribution < 1.29 is 23.5 Å². The van der Waals surface area contributed by atoms with Gasteiger partial charge in [-0.3, -0.25) is 9.59 Å². The number of oxazole rings is 1. The lowest BCUT2D eigenvalue weighted by Crippen LogP contribution is -2.35. The summed E-state index contributed by atoms with van der Waals surface area (Å²) in [7, 11) is 1.55. The van der Waals surface area contributed by atoms with Gasteiger partial charge in [-0.25, -0.2) is 4.98 Å². The van der Waals surface area contributed by atoms with Crippen LogP contribution in [-0.2, 0) is 22.4 Å². The lowest BCUT2D eigenvalue weighted by Gasteiger charge is -2.10. The predicted molar refractivity (Wildman–Crippen MR) is 87.3 cm³/mol. The van der Waals surface area contributed by atoms with Crippen molar-refractivity contribution >= 4 is 12.3 Å². The van der Waals surface area contributed by atoms with Crippen molar-refractivity contribution in [2.75, 3.05) is 26.9 Å². The van der Waals surface area contributed by atoms with E-state index in [-0.39, 0.29) is 19.2 Å². The van der Waals surface area contributed by atoms with Crippen molar-refractivity contribution in [1.82, 2.24) is 15.2 Å². The van der Waals surface area contributed by atoms with E-state index < -0.39 is 0 Å². The van der Waals surface area contributed by atoms with E-state index in [2.05, 4.69) is 10.3 Å². The summed E-state index contributed by atoms with van der Waals surface area (Å²) in [6.45, 7) is 0.698. The van der Waals surface area contributed by atoms with Crippen molar-refractivity contribution in [2.24, 2.45) is 0 Å². The average molecular weight is 345 g/mol. The number of ether oxygens (including phenoxy) is 2. The van der Waals surface area contributed by atoms with E-state index in [0.717, 1.165) is 28.5 Å². The van der Waals surface area contributed by atoms with Gasteiger partial charge in [0.2, 0.25) is 19.1 Å². The zero-order chi connectivity index (χ0) is 17.6. The zero-order valence-electron chi connectivity index (χ0n) is 13.9. The number of carbonyl (C=O) groups excluding carboxylic acids is 2.